The first-order valence-corrected chi connectivity index (χ1v) is 6.49. The van der Waals surface area contributed by atoms with Gasteiger partial charge in [-0.1, -0.05) is 6.92 Å². The Kier molecular flexibility index (Phi) is 3.73. The van der Waals surface area contributed by atoms with Gasteiger partial charge in [0.25, 0.3) is 0 Å². The monoisotopic (exact) mass is 260 g/mol. The Labute approximate surface area is 109 Å². The van der Waals surface area contributed by atoms with Gasteiger partial charge in [0, 0.05) is 14.2 Å². The van der Waals surface area contributed by atoms with E-state index < -0.39 is 11.4 Å². The van der Waals surface area contributed by atoms with Crippen LogP contribution in [0.25, 0.3) is 0 Å². The highest BCUT2D eigenvalue weighted by Gasteiger charge is 2.63. The molecule has 0 aliphatic carbocycles. The van der Waals surface area contributed by atoms with Crippen LogP contribution in [0, 0.1) is 0 Å². The normalized spacial score (nSPS) is 44.0. The van der Waals surface area contributed by atoms with Gasteiger partial charge in [0.05, 0.1) is 6.10 Å². The lowest BCUT2D eigenvalue weighted by molar-refractivity contribution is -0.261. The lowest BCUT2D eigenvalue weighted by atomic mass is 9.87. The largest absolute Gasteiger partial charge is 0.379 e. The summed E-state index contributed by atoms with van der Waals surface area (Å²) in [5.74, 6) is -0.623. The van der Waals surface area contributed by atoms with Crippen molar-refractivity contribution in [2.24, 2.45) is 0 Å². The summed E-state index contributed by atoms with van der Waals surface area (Å²) >= 11 is 0. The van der Waals surface area contributed by atoms with Crippen LogP contribution in [0.5, 0.6) is 0 Å². The molecular formula is C13H24O5. The van der Waals surface area contributed by atoms with Crippen molar-refractivity contribution in [2.45, 2.75) is 70.1 Å². The Morgan fingerprint density at radius 2 is 1.83 bits per heavy atom. The van der Waals surface area contributed by atoms with Crippen LogP contribution in [-0.4, -0.2) is 50.2 Å². The topological polar surface area (TPSA) is 46.2 Å². The maximum Gasteiger partial charge on any atom is 0.190 e. The van der Waals surface area contributed by atoms with Gasteiger partial charge in [-0.05, 0) is 27.2 Å². The number of rotatable bonds is 4. The van der Waals surface area contributed by atoms with E-state index >= 15 is 0 Å². The summed E-state index contributed by atoms with van der Waals surface area (Å²) in [7, 11) is 3.36. The van der Waals surface area contributed by atoms with Gasteiger partial charge in [-0.2, -0.15) is 0 Å². The van der Waals surface area contributed by atoms with E-state index in [1.807, 2.05) is 20.8 Å². The van der Waals surface area contributed by atoms with Crippen LogP contribution in [0.4, 0.5) is 0 Å². The molecule has 5 heteroatoms. The standard InChI is InChI=1S/C13H24O5/c1-7-13(8(2)14-5)10(15-6)9-11(18-13)17-12(3,4)16-9/h8-11H,7H2,1-6H3/t8-,9+,10-,11-,13+/m0/s1. The lowest BCUT2D eigenvalue weighted by Crippen LogP contribution is -2.53. The minimum atomic E-state index is -0.623. The maximum atomic E-state index is 6.12. The van der Waals surface area contributed by atoms with Gasteiger partial charge < -0.3 is 23.7 Å². The van der Waals surface area contributed by atoms with Gasteiger partial charge in [-0.15, -0.1) is 0 Å². The molecule has 0 bridgehead atoms. The Balaban J connectivity index is 2.26. The summed E-state index contributed by atoms with van der Waals surface area (Å²) in [5, 5.41) is 0. The highest BCUT2D eigenvalue weighted by Crippen LogP contribution is 2.46. The molecule has 2 aliphatic rings. The molecule has 0 unspecified atom stereocenters. The van der Waals surface area contributed by atoms with Crippen LogP contribution in [-0.2, 0) is 23.7 Å². The summed E-state index contributed by atoms with van der Waals surface area (Å²) in [6.07, 6.45) is -0.0941. The minimum absolute atomic E-state index is 0.0895. The molecule has 0 amide bonds. The molecule has 0 aromatic heterocycles. The number of hydrogen-bond acceptors (Lipinski definition) is 5. The van der Waals surface area contributed by atoms with Crippen LogP contribution in [0.2, 0.25) is 0 Å². The van der Waals surface area contributed by atoms with Gasteiger partial charge in [0.2, 0.25) is 0 Å². The van der Waals surface area contributed by atoms with Crippen LogP contribution < -0.4 is 0 Å². The highest BCUT2D eigenvalue weighted by atomic mass is 16.8. The molecule has 5 atom stereocenters. The van der Waals surface area contributed by atoms with E-state index in [2.05, 4.69) is 6.92 Å². The van der Waals surface area contributed by atoms with Crippen LogP contribution in [0.1, 0.15) is 34.1 Å². The van der Waals surface area contributed by atoms with E-state index in [1.165, 1.54) is 0 Å². The second kappa shape index (κ2) is 4.72. The fraction of sp³-hybridized carbons (Fsp3) is 1.00. The predicted octanol–water partition coefficient (Wildman–Crippen LogP) is 1.69. The van der Waals surface area contributed by atoms with Crippen LogP contribution >= 0.6 is 0 Å². The second-order valence-electron chi connectivity index (χ2n) is 5.43. The highest BCUT2D eigenvalue weighted by molar-refractivity contribution is 5.06. The van der Waals surface area contributed by atoms with E-state index in [9.17, 15) is 0 Å². The minimum Gasteiger partial charge on any atom is -0.379 e. The zero-order valence-electron chi connectivity index (χ0n) is 12.1. The average molecular weight is 260 g/mol. The van der Waals surface area contributed by atoms with E-state index in [0.717, 1.165) is 6.42 Å². The first-order chi connectivity index (χ1) is 8.40. The van der Waals surface area contributed by atoms with E-state index in [4.69, 9.17) is 23.7 Å². The van der Waals surface area contributed by atoms with Crippen molar-refractivity contribution >= 4 is 0 Å². The molecule has 18 heavy (non-hydrogen) atoms. The molecule has 2 heterocycles. The Morgan fingerprint density at radius 3 is 2.33 bits per heavy atom. The molecule has 0 spiro atoms. The quantitative estimate of drug-likeness (QED) is 0.770. The average Bonchev–Trinajstić information content (AvgIpc) is 2.76. The fourth-order valence-corrected chi connectivity index (χ4v) is 3.05. The fourth-order valence-electron chi connectivity index (χ4n) is 3.05. The van der Waals surface area contributed by atoms with E-state index in [1.54, 1.807) is 14.2 Å². The molecule has 5 nitrogen and oxygen atoms in total. The summed E-state index contributed by atoms with van der Waals surface area (Å²) in [6.45, 7) is 7.82. The molecule has 0 N–H and O–H groups in total. The van der Waals surface area contributed by atoms with Gasteiger partial charge in [-0.3, -0.25) is 0 Å². The molecule has 2 saturated heterocycles. The van der Waals surface area contributed by atoms with Crippen molar-refractivity contribution in [3.05, 3.63) is 0 Å². The summed E-state index contributed by atoms with van der Waals surface area (Å²) in [4.78, 5) is 0. The van der Waals surface area contributed by atoms with E-state index in [-0.39, 0.29) is 24.6 Å². The third-order valence-electron chi connectivity index (χ3n) is 4.05. The van der Waals surface area contributed by atoms with Gasteiger partial charge in [0.15, 0.2) is 12.1 Å². The zero-order valence-corrected chi connectivity index (χ0v) is 12.1. The van der Waals surface area contributed by atoms with Crippen molar-refractivity contribution in [1.29, 1.82) is 0 Å². The van der Waals surface area contributed by atoms with Crippen molar-refractivity contribution in [3.8, 4) is 0 Å². The summed E-state index contributed by atoms with van der Waals surface area (Å²) in [6, 6.07) is 0. The van der Waals surface area contributed by atoms with Gasteiger partial charge in [-0.25, -0.2) is 0 Å². The Hall–Kier alpha value is -0.200. The molecule has 0 radical (unpaired) electrons. The molecule has 2 aliphatic heterocycles. The Morgan fingerprint density at radius 1 is 1.17 bits per heavy atom. The van der Waals surface area contributed by atoms with E-state index in [0.29, 0.717) is 0 Å². The van der Waals surface area contributed by atoms with Gasteiger partial charge >= 0.3 is 0 Å². The number of hydrogen-bond donors (Lipinski definition) is 0. The molecule has 0 saturated carbocycles. The van der Waals surface area contributed by atoms with Gasteiger partial charge in [0.1, 0.15) is 17.8 Å². The molecule has 2 fully saturated rings. The smallest absolute Gasteiger partial charge is 0.190 e. The first-order valence-electron chi connectivity index (χ1n) is 6.49. The van der Waals surface area contributed by atoms with Crippen LogP contribution in [0.15, 0.2) is 0 Å². The molecule has 106 valence electrons. The van der Waals surface area contributed by atoms with Crippen molar-refractivity contribution in [3.63, 3.8) is 0 Å². The summed E-state index contributed by atoms with van der Waals surface area (Å²) < 4.78 is 28.9. The number of fused-ring (bicyclic) bond motifs is 1. The lowest BCUT2D eigenvalue weighted by Gasteiger charge is -2.39. The SMILES string of the molecule is CC[C@]1([C@H](C)OC)O[C@@H]2OC(C)(C)O[C@@H]2[C@@H]1OC. The van der Waals surface area contributed by atoms with Crippen molar-refractivity contribution < 1.29 is 23.7 Å². The molecule has 0 aromatic carbocycles. The third-order valence-corrected chi connectivity index (χ3v) is 4.05. The Bertz CT molecular complexity index is 306. The summed E-state index contributed by atoms with van der Waals surface area (Å²) in [5.41, 5.74) is -0.519. The second-order valence-corrected chi connectivity index (χ2v) is 5.43. The first kappa shape index (κ1) is 14.2. The van der Waals surface area contributed by atoms with Crippen molar-refractivity contribution in [2.75, 3.05) is 14.2 Å². The maximum absolute atomic E-state index is 6.12. The molecule has 2 rings (SSSR count). The molecule has 0 aromatic rings. The number of methoxy groups -OCH3 is 2. The molecular weight excluding hydrogens is 236 g/mol. The zero-order chi connectivity index (χ0) is 13.6. The van der Waals surface area contributed by atoms with Crippen LogP contribution in [0.3, 0.4) is 0 Å². The third kappa shape index (κ3) is 1.98. The number of ether oxygens (including phenoxy) is 5. The van der Waals surface area contributed by atoms with Crippen molar-refractivity contribution in [1.82, 2.24) is 0 Å². The predicted molar refractivity (Wildman–Crippen MR) is 65.2 cm³/mol.